The Labute approximate surface area is 122 Å². The molecule has 1 aromatic carbocycles. The van der Waals surface area contributed by atoms with Crippen molar-refractivity contribution in [1.29, 1.82) is 0 Å². The molecule has 0 saturated carbocycles. The molecule has 0 unspecified atom stereocenters. The third-order valence-electron chi connectivity index (χ3n) is 3.33. The maximum absolute atomic E-state index is 12.5. The molecule has 3 rings (SSSR count). The number of hydrogen-bond acceptors (Lipinski definition) is 5. The van der Waals surface area contributed by atoms with Gasteiger partial charge in [0.1, 0.15) is 0 Å². The van der Waals surface area contributed by atoms with E-state index >= 15 is 0 Å². The van der Waals surface area contributed by atoms with Crippen LogP contribution in [0.25, 0.3) is 0 Å². The van der Waals surface area contributed by atoms with Gasteiger partial charge in [-0.3, -0.25) is 4.79 Å². The molecule has 0 aliphatic carbocycles. The minimum atomic E-state index is 0.0409. The summed E-state index contributed by atoms with van der Waals surface area (Å²) in [5.41, 5.74) is 2.64. The van der Waals surface area contributed by atoms with Crippen LogP contribution in [0.2, 0.25) is 0 Å². The number of benzene rings is 1. The summed E-state index contributed by atoms with van der Waals surface area (Å²) in [5, 5.41) is 16.5. The lowest BCUT2D eigenvalue weighted by molar-refractivity contribution is 0.0766. The molecule has 108 valence electrons. The van der Waals surface area contributed by atoms with Gasteiger partial charge in [0.15, 0.2) is 0 Å². The van der Waals surface area contributed by atoms with Crippen LogP contribution in [0.15, 0.2) is 35.9 Å². The lowest BCUT2D eigenvalue weighted by Gasteiger charge is -2.26. The Morgan fingerprint density at radius 2 is 2.33 bits per heavy atom. The van der Waals surface area contributed by atoms with Crippen molar-refractivity contribution in [2.75, 3.05) is 18.4 Å². The molecule has 7 heteroatoms. The Kier molecular flexibility index (Phi) is 3.63. The number of amides is 1. The number of hydrogen-bond donors (Lipinski definition) is 2. The smallest absolute Gasteiger partial charge is 0.267 e. The van der Waals surface area contributed by atoms with Crippen LogP contribution in [-0.2, 0) is 0 Å². The summed E-state index contributed by atoms with van der Waals surface area (Å²) < 4.78 is 0. The van der Waals surface area contributed by atoms with Crippen molar-refractivity contribution in [3.8, 4) is 0 Å². The summed E-state index contributed by atoms with van der Waals surface area (Å²) in [6.07, 6.45) is 3.09. The zero-order valence-electron chi connectivity index (χ0n) is 11.7. The summed E-state index contributed by atoms with van der Waals surface area (Å²) in [4.78, 5) is 14.4. The average molecular weight is 284 g/mol. The van der Waals surface area contributed by atoms with Gasteiger partial charge >= 0.3 is 0 Å². The van der Waals surface area contributed by atoms with Gasteiger partial charge in [-0.05, 0) is 36.8 Å². The number of aromatic amines is 1. The Balaban J connectivity index is 1.76. The predicted octanol–water partition coefficient (Wildman–Crippen LogP) is 1.74. The number of anilines is 2. The molecule has 1 aliphatic rings. The number of H-pyrrole nitrogens is 1. The minimum Gasteiger partial charge on any atom is -0.334 e. The predicted molar refractivity (Wildman–Crippen MR) is 78.2 cm³/mol. The van der Waals surface area contributed by atoms with Crippen molar-refractivity contribution in [3.05, 3.63) is 41.5 Å². The highest BCUT2D eigenvalue weighted by molar-refractivity contribution is 5.95. The first-order chi connectivity index (χ1) is 10.2. The van der Waals surface area contributed by atoms with Gasteiger partial charge in [0, 0.05) is 24.3 Å². The van der Waals surface area contributed by atoms with E-state index in [2.05, 4.69) is 32.0 Å². The zero-order valence-corrected chi connectivity index (χ0v) is 11.7. The lowest BCUT2D eigenvalue weighted by atomic mass is 10.1. The molecular weight excluding hydrogens is 268 g/mol. The molecule has 0 bridgehead atoms. The Bertz CT molecular complexity index is 664. The van der Waals surface area contributed by atoms with Crippen LogP contribution in [0, 0.1) is 0 Å². The largest absolute Gasteiger partial charge is 0.334 e. The second-order valence-electron chi connectivity index (χ2n) is 5.01. The Morgan fingerprint density at radius 1 is 1.43 bits per heavy atom. The summed E-state index contributed by atoms with van der Waals surface area (Å²) in [7, 11) is 0. The van der Waals surface area contributed by atoms with Crippen LogP contribution < -0.4 is 5.32 Å². The van der Waals surface area contributed by atoms with E-state index < -0.39 is 0 Å². The first kappa shape index (κ1) is 13.3. The van der Waals surface area contributed by atoms with Gasteiger partial charge in [-0.25, -0.2) is 0 Å². The molecule has 2 aromatic rings. The molecule has 0 atom stereocenters. The van der Waals surface area contributed by atoms with E-state index in [4.69, 9.17) is 0 Å². The maximum atomic E-state index is 12.5. The van der Waals surface area contributed by atoms with Crippen molar-refractivity contribution >= 4 is 17.5 Å². The summed E-state index contributed by atoms with van der Waals surface area (Å²) in [6.45, 7) is 3.51. The third-order valence-corrected chi connectivity index (χ3v) is 3.33. The van der Waals surface area contributed by atoms with Crippen LogP contribution in [0.4, 0.5) is 11.6 Å². The molecule has 0 fully saturated rings. The lowest BCUT2D eigenvalue weighted by Crippen LogP contribution is -2.35. The van der Waals surface area contributed by atoms with Crippen molar-refractivity contribution in [3.63, 3.8) is 0 Å². The SMILES string of the molecule is CC1=CCCN(C(=O)c2cccc(Nc3nn[nH]n3)c2)C1. The molecule has 2 N–H and O–H groups in total. The Hall–Kier alpha value is -2.70. The second kappa shape index (κ2) is 5.74. The monoisotopic (exact) mass is 284 g/mol. The zero-order chi connectivity index (χ0) is 14.7. The number of tetrazole rings is 1. The first-order valence-electron chi connectivity index (χ1n) is 6.78. The van der Waals surface area contributed by atoms with E-state index in [0.29, 0.717) is 18.1 Å². The summed E-state index contributed by atoms with van der Waals surface area (Å²) >= 11 is 0. The van der Waals surface area contributed by atoms with Crippen LogP contribution in [0.5, 0.6) is 0 Å². The standard InChI is InChI=1S/C14H16N6O/c1-10-4-3-7-20(9-10)13(21)11-5-2-6-12(8-11)15-14-16-18-19-17-14/h2,4-6,8H,3,7,9H2,1H3,(H2,15,16,17,18,19). The third kappa shape index (κ3) is 3.07. The Morgan fingerprint density at radius 3 is 3.10 bits per heavy atom. The highest BCUT2D eigenvalue weighted by Crippen LogP contribution is 2.17. The van der Waals surface area contributed by atoms with Crippen molar-refractivity contribution in [2.24, 2.45) is 0 Å². The number of aromatic nitrogens is 4. The van der Waals surface area contributed by atoms with Gasteiger partial charge in [-0.1, -0.05) is 22.8 Å². The van der Waals surface area contributed by atoms with Gasteiger partial charge in [0.25, 0.3) is 11.9 Å². The summed E-state index contributed by atoms with van der Waals surface area (Å²) in [6, 6.07) is 7.31. The fourth-order valence-corrected chi connectivity index (χ4v) is 2.34. The molecule has 1 aliphatic heterocycles. The highest BCUT2D eigenvalue weighted by Gasteiger charge is 2.18. The number of carbonyl (C=O) groups is 1. The minimum absolute atomic E-state index is 0.0409. The van der Waals surface area contributed by atoms with Crippen LogP contribution >= 0.6 is 0 Å². The second-order valence-corrected chi connectivity index (χ2v) is 5.01. The normalized spacial score (nSPS) is 14.7. The maximum Gasteiger partial charge on any atom is 0.267 e. The van der Waals surface area contributed by atoms with Crippen LogP contribution in [0.3, 0.4) is 0 Å². The number of nitrogens with zero attached hydrogens (tertiary/aromatic N) is 4. The molecule has 0 radical (unpaired) electrons. The van der Waals surface area contributed by atoms with Gasteiger partial charge in [-0.15, -0.1) is 5.10 Å². The van der Waals surface area contributed by atoms with E-state index in [1.807, 2.05) is 30.0 Å². The molecule has 0 spiro atoms. The van der Waals surface area contributed by atoms with E-state index in [0.717, 1.165) is 18.7 Å². The molecule has 2 heterocycles. The number of nitrogens with one attached hydrogen (secondary N) is 2. The van der Waals surface area contributed by atoms with Crippen molar-refractivity contribution in [2.45, 2.75) is 13.3 Å². The van der Waals surface area contributed by atoms with Crippen molar-refractivity contribution < 1.29 is 4.79 Å². The topological polar surface area (TPSA) is 86.8 Å². The van der Waals surface area contributed by atoms with E-state index in [-0.39, 0.29) is 5.91 Å². The molecular formula is C14H16N6O. The van der Waals surface area contributed by atoms with E-state index in [1.54, 1.807) is 6.07 Å². The molecule has 21 heavy (non-hydrogen) atoms. The molecule has 7 nitrogen and oxygen atoms in total. The first-order valence-corrected chi connectivity index (χ1v) is 6.78. The van der Waals surface area contributed by atoms with Crippen molar-refractivity contribution in [1.82, 2.24) is 25.5 Å². The van der Waals surface area contributed by atoms with Gasteiger partial charge in [-0.2, -0.15) is 5.21 Å². The van der Waals surface area contributed by atoms with Gasteiger partial charge in [0.2, 0.25) is 0 Å². The fraction of sp³-hybridized carbons (Fsp3) is 0.286. The fourth-order valence-electron chi connectivity index (χ4n) is 2.34. The quantitative estimate of drug-likeness (QED) is 0.838. The van der Waals surface area contributed by atoms with Crippen LogP contribution in [0.1, 0.15) is 23.7 Å². The van der Waals surface area contributed by atoms with Gasteiger partial charge in [0.05, 0.1) is 0 Å². The molecule has 1 aromatic heterocycles. The summed E-state index contributed by atoms with van der Waals surface area (Å²) in [5.74, 6) is 0.413. The molecule has 1 amide bonds. The van der Waals surface area contributed by atoms with E-state index in [1.165, 1.54) is 5.57 Å². The molecule has 0 saturated heterocycles. The number of rotatable bonds is 3. The highest BCUT2D eigenvalue weighted by atomic mass is 16.2. The van der Waals surface area contributed by atoms with Crippen LogP contribution in [-0.4, -0.2) is 44.5 Å². The number of carbonyl (C=O) groups excluding carboxylic acids is 1. The van der Waals surface area contributed by atoms with Gasteiger partial charge < -0.3 is 10.2 Å². The average Bonchev–Trinajstić information content (AvgIpc) is 3.00. The van der Waals surface area contributed by atoms with E-state index in [9.17, 15) is 4.79 Å².